The minimum atomic E-state index is -3.55. The van der Waals surface area contributed by atoms with Crippen molar-refractivity contribution in [2.75, 3.05) is 24.5 Å². The van der Waals surface area contributed by atoms with E-state index in [4.69, 9.17) is 14.6 Å². The number of rotatable bonds is 5. The van der Waals surface area contributed by atoms with Gasteiger partial charge in [-0.1, -0.05) is 15.9 Å². The molecule has 0 aliphatic heterocycles. The molecule has 19 heteroatoms. The topological polar surface area (TPSA) is 207 Å². The van der Waals surface area contributed by atoms with Crippen molar-refractivity contribution in [2.24, 2.45) is 0 Å². The second-order valence-electron chi connectivity index (χ2n) is 9.64. The average Bonchev–Trinajstić information content (AvgIpc) is 3.81. The fourth-order valence-corrected chi connectivity index (χ4v) is 6.23. The first kappa shape index (κ1) is 38.7. The monoisotopic (exact) mass is 800 g/mol. The second-order valence-corrected chi connectivity index (χ2v) is 16.5. The summed E-state index contributed by atoms with van der Waals surface area (Å²) in [4.78, 5) is 10.9. The highest BCUT2D eigenvalue weighted by atomic mass is 79.9. The average molecular weight is 802 g/mol. The van der Waals surface area contributed by atoms with Gasteiger partial charge in [0, 0.05) is 34.4 Å². The Bertz CT molecular complexity index is 2170. The molecule has 0 aliphatic carbocycles. The van der Waals surface area contributed by atoms with Crippen LogP contribution in [0.25, 0.3) is 22.9 Å². The fraction of sp³-hybridized carbons (Fsp3) is 0.100. The summed E-state index contributed by atoms with van der Waals surface area (Å²) in [6, 6.07) is 12.2. The number of nitrogen functional groups attached to an aromatic ring is 1. The van der Waals surface area contributed by atoms with Gasteiger partial charge in [-0.25, -0.2) is 49.0 Å². The van der Waals surface area contributed by atoms with E-state index in [1.807, 2.05) is 0 Å². The quantitative estimate of drug-likeness (QED) is 0.203. The van der Waals surface area contributed by atoms with E-state index >= 15 is 0 Å². The van der Waals surface area contributed by atoms with Crippen molar-refractivity contribution >= 4 is 51.1 Å². The Morgan fingerprint density at radius 2 is 1.10 bits per heavy atom. The number of anilines is 1. The number of aromatic nitrogens is 3. The minimum Gasteiger partial charge on any atom is -0.452 e. The van der Waals surface area contributed by atoms with Gasteiger partial charge in [0.15, 0.2) is 35.9 Å². The Morgan fingerprint density at radius 3 is 1.45 bits per heavy atom. The summed E-state index contributed by atoms with van der Waals surface area (Å²) >= 11 is 3.03. The normalized spacial score (nSPS) is 11.2. The largest absolute Gasteiger partial charge is 0.452 e. The Morgan fingerprint density at radius 1 is 0.633 bits per heavy atom. The Kier molecular flexibility index (Phi) is 13.1. The molecule has 3 aromatic heterocycles. The first-order chi connectivity index (χ1) is 22.9. The zero-order chi connectivity index (χ0) is 36.4. The maximum absolute atomic E-state index is 13.5. The third-order valence-electron chi connectivity index (χ3n) is 5.74. The van der Waals surface area contributed by atoms with Crippen LogP contribution in [0.4, 0.5) is 14.5 Å². The summed E-state index contributed by atoms with van der Waals surface area (Å²) in [5.41, 5.74) is 6.90. The molecular formula is C30H27BrF2N4O9S3. The fourth-order valence-electron chi connectivity index (χ4n) is 3.64. The van der Waals surface area contributed by atoms with E-state index in [0.717, 1.165) is 30.9 Å². The van der Waals surface area contributed by atoms with E-state index in [1.54, 1.807) is 12.3 Å². The number of halogens is 3. The Labute approximate surface area is 288 Å². The number of sulfone groups is 3. The Balaban J connectivity index is 0.000000187. The minimum absolute atomic E-state index is 0.114. The summed E-state index contributed by atoms with van der Waals surface area (Å²) < 4.78 is 108. The number of hydrogen-bond donors (Lipinski definition) is 1. The third-order valence-corrected chi connectivity index (χ3v) is 9.66. The molecular weight excluding hydrogens is 774 g/mol. The molecule has 0 bridgehead atoms. The van der Waals surface area contributed by atoms with Crippen LogP contribution in [0.3, 0.4) is 0 Å². The summed E-state index contributed by atoms with van der Waals surface area (Å²) in [5, 5.41) is 0. The second kappa shape index (κ2) is 16.6. The molecule has 0 amide bonds. The van der Waals surface area contributed by atoms with Crippen molar-refractivity contribution < 1.29 is 47.3 Å². The van der Waals surface area contributed by atoms with E-state index < -0.39 is 41.1 Å². The van der Waals surface area contributed by atoms with Gasteiger partial charge in [-0.3, -0.25) is 0 Å². The molecule has 0 fully saturated rings. The number of oxazole rings is 3. The molecule has 0 atom stereocenters. The lowest BCUT2D eigenvalue weighted by Gasteiger charge is -2.04. The van der Waals surface area contributed by atoms with Gasteiger partial charge in [0.2, 0.25) is 11.8 Å². The van der Waals surface area contributed by atoms with Crippen LogP contribution in [0.1, 0.15) is 0 Å². The first-order valence-electron chi connectivity index (χ1n) is 13.2. The summed E-state index contributed by atoms with van der Waals surface area (Å²) in [6.45, 7) is 0. The van der Waals surface area contributed by atoms with Gasteiger partial charge in [0.25, 0.3) is 0 Å². The van der Waals surface area contributed by atoms with Crippen LogP contribution in [0.5, 0.6) is 0 Å². The SMILES string of the molecule is CS(=O)(=O)c1ccc(-c2ncco2)cc1F.CS(=O)(=O)c1ccc(-c2ncco2)cc1N.CS(=O)(=O)c1ccc(Br)cc1F.c1cocn1. The van der Waals surface area contributed by atoms with Gasteiger partial charge in [0.05, 0.1) is 29.2 Å². The van der Waals surface area contributed by atoms with Crippen LogP contribution in [0, 0.1) is 11.6 Å². The molecule has 0 radical (unpaired) electrons. The lowest BCUT2D eigenvalue weighted by Crippen LogP contribution is -2.02. The molecule has 2 N–H and O–H groups in total. The number of nitrogens with two attached hydrogens (primary N) is 1. The molecule has 3 heterocycles. The van der Waals surface area contributed by atoms with Crippen LogP contribution in [0.15, 0.2) is 131 Å². The number of nitrogens with zero attached hydrogens (tertiary/aromatic N) is 3. The number of hydrogen-bond acceptors (Lipinski definition) is 13. The predicted octanol–water partition coefficient (Wildman–Crippen LogP) is 5.88. The van der Waals surface area contributed by atoms with Gasteiger partial charge in [0.1, 0.15) is 40.2 Å². The molecule has 0 unspecified atom stereocenters. The van der Waals surface area contributed by atoms with Crippen LogP contribution in [-0.4, -0.2) is 59.0 Å². The van der Waals surface area contributed by atoms with Crippen molar-refractivity contribution in [2.45, 2.75) is 14.7 Å². The molecule has 13 nitrogen and oxygen atoms in total. The van der Waals surface area contributed by atoms with Crippen LogP contribution in [-0.2, 0) is 29.5 Å². The highest BCUT2D eigenvalue weighted by Crippen LogP contribution is 2.26. The molecule has 6 rings (SSSR count). The first-order valence-corrected chi connectivity index (χ1v) is 19.7. The van der Waals surface area contributed by atoms with Gasteiger partial charge >= 0.3 is 0 Å². The smallest absolute Gasteiger partial charge is 0.225 e. The zero-order valence-corrected chi connectivity index (χ0v) is 29.7. The van der Waals surface area contributed by atoms with E-state index in [9.17, 15) is 34.0 Å². The molecule has 49 heavy (non-hydrogen) atoms. The van der Waals surface area contributed by atoms with Crippen molar-refractivity contribution in [1.29, 1.82) is 0 Å². The van der Waals surface area contributed by atoms with Crippen molar-refractivity contribution in [1.82, 2.24) is 15.0 Å². The van der Waals surface area contributed by atoms with Crippen LogP contribution in [0.2, 0.25) is 0 Å². The summed E-state index contributed by atoms with van der Waals surface area (Å²) in [5.74, 6) is -0.879. The molecule has 0 aliphatic rings. The highest BCUT2D eigenvalue weighted by Gasteiger charge is 2.16. The lowest BCUT2D eigenvalue weighted by molar-refractivity contribution is 0.558. The Hall–Kier alpha value is -4.72. The molecule has 6 aromatic rings. The maximum atomic E-state index is 13.5. The number of benzene rings is 3. The zero-order valence-electron chi connectivity index (χ0n) is 25.7. The molecule has 0 saturated carbocycles. The van der Waals surface area contributed by atoms with Gasteiger partial charge in [-0.2, -0.15) is 0 Å². The van der Waals surface area contributed by atoms with E-state index in [0.29, 0.717) is 21.5 Å². The van der Waals surface area contributed by atoms with Crippen LogP contribution < -0.4 is 5.73 Å². The van der Waals surface area contributed by atoms with E-state index in [1.165, 1.54) is 74.0 Å². The van der Waals surface area contributed by atoms with Gasteiger partial charge in [-0.15, -0.1) is 0 Å². The predicted molar refractivity (Wildman–Crippen MR) is 178 cm³/mol. The van der Waals surface area contributed by atoms with Crippen LogP contribution >= 0.6 is 15.9 Å². The lowest BCUT2D eigenvalue weighted by atomic mass is 10.2. The maximum Gasteiger partial charge on any atom is 0.225 e. The molecule has 3 aromatic carbocycles. The molecule has 0 spiro atoms. The van der Waals surface area contributed by atoms with Gasteiger partial charge in [-0.05, 0) is 54.6 Å². The summed E-state index contributed by atoms with van der Waals surface area (Å²) in [7, 11) is -10.3. The third kappa shape index (κ3) is 11.7. The molecule has 0 saturated heterocycles. The van der Waals surface area contributed by atoms with E-state index in [-0.39, 0.29) is 26.3 Å². The van der Waals surface area contributed by atoms with Crippen molar-refractivity contribution in [3.8, 4) is 22.9 Å². The van der Waals surface area contributed by atoms with Gasteiger partial charge < -0.3 is 19.0 Å². The van der Waals surface area contributed by atoms with Crippen molar-refractivity contribution in [3.05, 3.63) is 114 Å². The standard InChI is InChI=1S/C10H8FNO3S.C10H10N2O3S.C7H6BrFO2S.C3H3NO/c2*1-16(13,14)9-3-2-7(6-8(9)11)10-12-4-5-15-10;1-12(10,11)7-3-2-5(8)4-6(7)9;1-2-5-3-4-1/h2-6H,1H3;2-6H,11H2,1H3;2-4H,1H3;1-3H. The highest BCUT2D eigenvalue weighted by molar-refractivity contribution is 9.10. The van der Waals surface area contributed by atoms with Crippen molar-refractivity contribution in [3.63, 3.8) is 0 Å². The van der Waals surface area contributed by atoms with E-state index in [2.05, 4.69) is 35.3 Å². The summed E-state index contributed by atoms with van der Waals surface area (Å²) in [6.07, 6.45) is 13.3. The molecule has 260 valence electrons.